The van der Waals surface area contributed by atoms with Gasteiger partial charge in [0.1, 0.15) is 0 Å². The van der Waals surface area contributed by atoms with E-state index in [9.17, 15) is 9.59 Å². The molecule has 3 rings (SSSR count). The number of nitrogens with one attached hydrogen (secondary N) is 1. The summed E-state index contributed by atoms with van der Waals surface area (Å²) in [6, 6.07) is 6.88. The molecule has 28 heavy (non-hydrogen) atoms. The van der Waals surface area contributed by atoms with Gasteiger partial charge in [0.25, 0.3) is 0 Å². The molecular formula is C19H25N5O3S. The van der Waals surface area contributed by atoms with Gasteiger partial charge in [0.05, 0.1) is 18.5 Å². The number of carbonyl (C=O) groups excluding carboxylic acids is 2. The van der Waals surface area contributed by atoms with Crippen LogP contribution in [0.4, 0.5) is 11.6 Å². The Morgan fingerprint density at radius 1 is 1.21 bits per heavy atom. The summed E-state index contributed by atoms with van der Waals surface area (Å²) in [6.07, 6.45) is 0. The number of ketones is 1. The number of amides is 1. The standard InChI is InChI=1S/C19H25N5O3S/c1-4-24-18(23-9-11-27-12-10-23)21-22-19(24)28-14(3)17(26)20-16-7-5-15(6-8-16)13(2)25/h5-8,14H,4,9-12H2,1-3H3,(H,20,26). The SMILES string of the molecule is CCn1c(SC(C)C(=O)Nc2ccc(C(C)=O)cc2)nnc1N1CCOCC1. The zero-order valence-electron chi connectivity index (χ0n) is 16.3. The highest BCUT2D eigenvalue weighted by Crippen LogP contribution is 2.26. The summed E-state index contributed by atoms with van der Waals surface area (Å²) in [7, 11) is 0. The molecule has 1 fully saturated rings. The minimum Gasteiger partial charge on any atom is -0.378 e. The van der Waals surface area contributed by atoms with Crippen LogP contribution in [0.3, 0.4) is 0 Å². The van der Waals surface area contributed by atoms with Crippen LogP contribution >= 0.6 is 11.8 Å². The van der Waals surface area contributed by atoms with Crippen molar-refractivity contribution in [2.24, 2.45) is 0 Å². The molecule has 1 aromatic heterocycles. The van der Waals surface area contributed by atoms with Gasteiger partial charge in [-0.3, -0.25) is 14.2 Å². The Morgan fingerprint density at radius 3 is 2.50 bits per heavy atom. The quantitative estimate of drug-likeness (QED) is 0.561. The summed E-state index contributed by atoms with van der Waals surface area (Å²) in [5.74, 6) is 0.691. The number of ether oxygens (including phenoxy) is 1. The molecule has 0 saturated carbocycles. The summed E-state index contributed by atoms with van der Waals surface area (Å²) >= 11 is 1.38. The van der Waals surface area contributed by atoms with Crippen LogP contribution in [0.5, 0.6) is 0 Å². The number of carbonyl (C=O) groups is 2. The minimum absolute atomic E-state index is 0.00299. The Kier molecular flexibility index (Phi) is 6.69. The van der Waals surface area contributed by atoms with Crippen LogP contribution in [0.2, 0.25) is 0 Å². The molecule has 1 aliphatic heterocycles. The lowest BCUT2D eigenvalue weighted by Crippen LogP contribution is -2.38. The largest absolute Gasteiger partial charge is 0.378 e. The molecule has 0 radical (unpaired) electrons. The van der Waals surface area contributed by atoms with Gasteiger partial charge in [-0.25, -0.2) is 0 Å². The van der Waals surface area contributed by atoms with Crippen LogP contribution in [0.15, 0.2) is 29.4 Å². The van der Waals surface area contributed by atoms with E-state index in [4.69, 9.17) is 4.74 Å². The first-order chi connectivity index (χ1) is 13.5. The molecule has 2 aromatic rings. The Balaban J connectivity index is 1.64. The monoisotopic (exact) mass is 403 g/mol. The third kappa shape index (κ3) is 4.71. The van der Waals surface area contributed by atoms with E-state index in [1.807, 2.05) is 18.4 Å². The second kappa shape index (κ2) is 9.20. The molecule has 1 amide bonds. The molecule has 0 spiro atoms. The summed E-state index contributed by atoms with van der Waals surface area (Å²) in [6.45, 7) is 9.06. The van der Waals surface area contributed by atoms with Gasteiger partial charge in [0.2, 0.25) is 11.9 Å². The maximum atomic E-state index is 12.6. The fourth-order valence-corrected chi connectivity index (χ4v) is 3.79. The molecule has 1 aliphatic rings. The van der Waals surface area contributed by atoms with Crippen LogP contribution < -0.4 is 10.2 Å². The van der Waals surface area contributed by atoms with Gasteiger partial charge in [0.15, 0.2) is 10.9 Å². The molecule has 1 atom stereocenters. The number of anilines is 2. The summed E-state index contributed by atoms with van der Waals surface area (Å²) in [5.41, 5.74) is 1.28. The Morgan fingerprint density at radius 2 is 1.89 bits per heavy atom. The number of rotatable bonds is 7. The molecular weight excluding hydrogens is 378 g/mol. The second-order valence-corrected chi connectivity index (χ2v) is 7.82. The number of morpholine rings is 1. The molecule has 1 N–H and O–H groups in total. The predicted molar refractivity (Wildman–Crippen MR) is 109 cm³/mol. The lowest BCUT2D eigenvalue weighted by Gasteiger charge is -2.27. The maximum absolute atomic E-state index is 12.6. The Labute approximate surface area is 168 Å². The van der Waals surface area contributed by atoms with Crippen molar-refractivity contribution < 1.29 is 14.3 Å². The van der Waals surface area contributed by atoms with Crippen molar-refractivity contribution in [3.05, 3.63) is 29.8 Å². The summed E-state index contributed by atoms with van der Waals surface area (Å²) in [4.78, 5) is 26.1. The van der Waals surface area contributed by atoms with E-state index in [0.29, 0.717) is 24.5 Å². The van der Waals surface area contributed by atoms with E-state index in [1.54, 1.807) is 24.3 Å². The zero-order valence-corrected chi connectivity index (χ0v) is 17.2. The van der Waals surface area contributed by atoms with Crippen LogP contribution in [0.25, 0.3) is 0 Å². The number of hydrogen-bond donors (Lipinski definition) is 1. The van der Waals surface area contributed by atoms with Crippen molar-refractivity contribution in [3.8, 4) is 0 Å². The average Bonchev–Trinajstić information content (AvgIpc) is 3.11. The molecule has 8 nitrogen and oxygen atoms in total. The van der Waals surface area contributed by atoms with Crippen molar-refractivity contribution in [2.75, 3.05) is 36.5 Å². The van der Waals surface area contributed by atoms with Crippen molar-refractivity contribution in [1.82, 2.24) is 14.8 Å². The number of benzene rings is 1. The molecule has 2 heterocycles. The normalized spacial score (nSPS) is 15.3. The van der Waals surface area contributed by atoms with E-state index in [2.05, 4.69) is 20.4 Å². The van der Waals surface area contributed by atoms with E-state index in [-0.39, 0.29) is 16.9 Å². The van der Waals surface area contributed by atoms with Gasteiger partial charge in [0, 0.05) is 30.9 Å². The van der Waals surface area contributed by atoms with E-state index in [1.165, 1.54) is 18.7 Å². The first-order valence-corrected chi connectivity index (χ1v) is 10.2. The molecule has 1 saturated heterocycles. The average molecular weight is 404 g/mol. The molecule has 0 bridgehead atoms. The highest BCUT2D eigenvalue weighted by atomic mass is 32.2. The van der Waals surface area contributed by atoms with E-state index < -0.39 is 0 Å². The van der Waals surface area contributed by atoms with Gasteiger partial charge < -0.3 is 15.0 Å². The van der Waals surface area contributed by atoms with Gasteiger partial charge >= 0.3 is 0 Å². The van der Waals surface area contributed by atoms with Crippen LogP contribution in [-0.2, 0) is 16.1 Å². The van der Waals surface area contributed by atoms with Gasteiger partial charge in [-0.2, -0.15) is 0 Å². The van der Waals surface area contributed by atoms with Crippen molar-refractivity contribution >= 4 is 35.1 Å². The molecule has 150 valence electrons. The van der Waals surface area contributed by atoms with E-state index >= 15 is 0 Å². The van der Waals surface area contributed by atoms with Crippen LogP contribution in [0.1, 0.15) is 31.1 Å². The van der Waals surface area contributed by atoms with Crippen molar-refractivity contribution in [2.45, 2.75) is 37.7 Å². The second-order valence-electron chi connectivity index (χ2n) is 6.51. The van der Waals surface area contributed by atoms with Crippen molar-refractivity contribution in [3.63, 3.8) is 0 Å². The lowest BCUT2D eigenvalue weighted by atomic mass is 10.1. The van der Waals surface area contributed by atoms with Crippen molar-refractivity contribution in [1.29, 1.82) is 0 Å². The fourth-order valence-electron chi connectivity index (χ4n) is 2.89. The number of nitrogens with zero attached hydrogens (tertiary/aromatic N) is 4. The van der Waals surface area contributed by atoms with E-state index in [0.717, 1.165) is 30.7 Å². The first kappa shape index (κ1) is 20.3. The highest BCUT2D eigenvalue weighted by molar-refractivity contribution is 8.00. The van der Waals surface area contributed by atoms with Crippen LogP contribution in [0, 0.1) is 0 Å². The highest BCUT2D eigenvalue weighted by Gasteiger charge is 2.23. The Bertz CT molecular complexity index is 831. The molecule has 0 aliphatic carbocycles. The topological polar surface area (TPSA) is 89.3 Å². The van der Waals surface area contributed by atoms with Crippen LogP contribution in [-0.4, -0.2) is 58.0 Å². The lowest BCUT2D eigenvalue weighted by molar-refractivity contribution is -0.115. The molecule has 1 aromatic carbocycles. The third-order valence-electron chi connectivity index (χ3n) is 4.52. The smallest absolute Gasteiger partial charge is 0.237 e. The first-order valence-electron chi connectivity index (χ1n) is 9.34. The number of aromatic nitrogens is 3. The molecule has 1 unspecified atom stereocenters. The molecule has 9 heteroatoms. The maximum Gasteiger partial charge on any atom is 0.237 e. The van der Waals surface area contributed by atoms with Gasteiger partial charge in [-0.1, -0.05) is 11.8 Å². The fraction of sp³-hybridized carbons (Fsp3) is 0.474. The van der Waals surface area contributed by atoms with Gasteiger partial charge in [-0.15, -0.1) is 10.2 Å². The predicted octanol–water partition coefficient (Wildman–Crippen LogP) is 2.46. The Hall–Kier alpha value is -2.39. The summed E-state index contributed by atoms with van der Waals surface area (Å²) in [5, 5.41) is 11.9. The third-order valence-corrected chi connectivity index (χ3v) is 5.60. The summed E-state index contributed by atoms with van der Waals surface area (Å²) < 4.78 is 7.43. The van der Waals surface area contributed by atoms with Gasteiger partial charge in [-0.05, 0) is 45.0 Å². The minimum atomic E-state index is -0.348. The number of Topliss-reactive ketones (excluding diaryl/α,β-unsaturated/α-hetero) is 1. The number of hydrogen-bond acceptors (Lipinski definition) is 7. The zero-order chi connectivity index (χ0) is 20.1. The number of thioether (sulfide) groups is 1.